The van der Waals surface area contributed by atoms with Crippen molar-refractivity contribution < 1.29 is 9.64 Å². The van der Waals surface area contributed by atoms with E-state index in [1.807, 2.05) is 18.2 Å². The van der Waals surface area contributed by atoms with E-state index in [0.717, 1.165) is 12.3 Å². The summed E-state index contributed by atoms with van der Waals surface area (Å²) in [5, 5.41) is 7.19. The molecule has 0 saturated carbocycles. The number of hydrogen-bond acceptors (Lipinski definition) is 2. The third-order valence-electron chi connectivity index (χ3n) is 4.38. The van der Waals surface area contributed by atoms with E-state index in [2.05, 4.69) is 29.3 Å². The minimum absolute atomic E-state index is 0.407. The van der Waals surface area contributed by atoms with E-state index in [1.54, 1.807) is 12.0 Å². The minimum atomic E-state index is 0.407. The molecule has 1 fully saturated rings. The SMILES string of the molecule is C=CCNC(=S)NC[C@H](c1ccc(OC)cc1)[NH+]1CCCCC1. The van der Waals surface area contributed by atoms with Crippen LogP contribution in [-0.2, 0) is 0 Å². The number of piperidine rings is 1. The van der Waals surface area contributed by atoms with Crippen molar-refractivity contribution in [2.45, 2.75) is 25.3 Å². The van der Waals surface area contributed by atoms with Gasteiger partial charge in [-0.15, -0.1) is 6.58 Å². The van der Waals surface area contributed by atoms with Crippen LogP contribution < -0.4 is 20.3 Å². The van der Waals surface area contributed by atoms with Gasteiger partial charge in [0.15, 0.2) is 5.11 Å². The van der Waals surface area contributed by atoms with Crippen LogP contribution in [0.2, 0.25) is 0 Å². The maximum absolute atomic E-state index is 5.33. The number of methoxy groups -OCH3 is 1. The van der Waals surface area contributed by atoms with Gasteiger partial charge < -0.3 is 20.3 Å². The van der Waals surface area contributed by atoms with Crippen LogP contribution in [-0.4, -0.2) is 38.4 Å². The van der Waals surface area contributed by atoms with Gasteiger partial charge >= 0.3 is 0 Å². The van der Waals surface area contributed by atoms with Crippen LogP contribution in [0.15, 0.2) is 36.9 Å². The van der Waals surface area contributed by atoms with E-state index < -0.39 is 0 Å². The lowest BCUT2D eigenvalue weighted by atomic mass is 10.0. The summed E-state index contributed by atoms with van der Waals surface area (Å²) in [5.41, 5.74) is 1.33. The van der Waals surface area contributed by atoms with E-state index in [9.17, 15) is 0 Å². The van der Waals surface area contributed by atoms with Gasteiger partial charge in [-0.25, -0.2) is 0 Å². The highest BCUT2D eigenvalue weighted by atomic mass is 32.1. The van der Waals surface area contributed by atoms with Crippen LogP contribution in [0.5, 0.6) is 5.75 Å². The summed E-state index contributed by atoms with van der Waals surface area (Å²) in [7, 11) is 1.70. The highest BCUT2D eigenvalue weighted by Crippen LogP contribution is 2.16. The second-order valence-electron chi connectivity index (χ2n) is 5.92. The summed E-state index contributed by atoms with van der Waals surface area (Å²) >= 11 is 5.33. The number of likely N-dealkylation sites (tertiary alicyclic amines) is 1. The van der Waals surface area contributed by atoms with Gasteiger partial charge in [0.2, 0.25) is 0 Å². The standard InChI is InChI=1S/C18H27N3OS/c1-3-11-19-18(23)20-14-17(21-12-5-4-6-13-21)15-7-9-16(22-2)10-8-15/h3,7-10,17H,1,4-6,11-14H2,2H3,(H2,19,20,23)/p+1/t17-/m1/s1. The zero-order valence-corrected chi connectivity index (χ0v) is 14.8. The van der Waals surface area contributed by atoms with Crippen LogP contribution in [0.1, 0.15) is 30.9 Å². The van der Waals surface area contributed by atoms with Crippen molar-refractivity contribution in [1.29, 1.82) is 0 Å². The Balaban J connectivity index is 2.04. The molecule has 3 N–H and O–H groups in total. The number of benzene rings is 1. The summed E-state index contributed by atoms with van der Waals surface area (Å²) in [5.74, 6) is 0.900. The fourth-order valence-corrected chi connectivity index (χ4v) is 3.28. The van der Waals surface area contributed by atoms with Crippen molar-refractivity contribution >= 4 is 17.3 Å². The molecule has 1 aromatic rings. The molecule has 1 atom stereocenters. The van der Waals surface area contributed by atoms with E-state index in [1.165, 1.54) is 37.9 Å². The molecule has 1 aliphatic heterocycles. The molecule has 2 rings (SSSR count). The van der Waals surface area contributed by atoms with Crippen molar-refractivity contribution in [2.24, 2.45) is 0 Å². The molecule has 0 amide bonds. The molecule has 4 nitrogen and oxygen atoms in total. The molecule has 0 bridgehead atoms. The van der Waals surface area contributed by atoms with Crippen molar-refractivity contribution in [3.8, 4) is 5.75 Å². The van der Waals surface area contributed by atoms with Gasteiger partial charge in [-0.1, -0.05) is 6.08 Å². The fraction of sp³-hybridized carbons (Fsp3) is 0.500. The summed E-state index contributed by atoms with van der Waals surface area (Å²) in [6.45, 7) is 7.68. The highest BCUT2D eigenvalue weighted by molar-refractivity contribution is 7.80. The van der Waals surface area contributed by atoms with Crippen LogP contribution in [0.25, 0.3) is 0 Å². The quantitative estimate of drug-likeness (QED) is 0.521. The smallest absolute Gasteiger partial charge is 0.166 e. The van der Waals surface area contributed by atoms with E-state index in [0.29, 0.717) is 17.7 Å². The molecular formula is C18H28N3OS+. The first-order chi connectivity index (χ1) is 11.2. The fourth-order valence-electron chi connectivity index (χ4n) is 3.11. The number of thiocarbonyl (C=S) groups is 1. The molecule has 23 heavy (non-hydrogen) atoms. The topological polar surface area (TPSA) is 37.7 Å². The second kappa shape index (κ2) is 9.53. The van der Waals surface area contributed by atoms with Crippen molar-refractivity contribution in [2.75, 3.05) is 33.3 Å². The van der Waals surface area contributed by atoms with Gasteiger partial charge in [-0.3, -0.25) is 0 Å². The predicted octanol–water partition coefficient (Wildman–Crippen LogP) is 1.46. The largest absolute Gasteiger partial charge is 0.497 e. The first kappa shape index (κ1) is 17.8. The molecule has 0 spiro atoms. The Morgan fingerprint density at radius 1 is 1.26 bits per heavy atom. The van der Waals surface area contributed by atoms with Crippen molar-refractivity contribution in [3.63, 3.8) is 0 Å². The average Bonchev–Trinajstić information content (AvgIpc) is 2.61. The normalized spacial score (nSPS) is 16.4. The van der Waals surface area contributed by atoms with Crippen LogP contribution in [0.3, 0.4) is 0 Å². The molecule has 0 radical (unpaired) electrons. The molecule has 1 aliphatic rings. The first-order valence-electron chi connectivity index (χ1n) is 8.35. The molecule has 1 aromatic carbocycles. The summed E-state index contributed by atoms with van der Waals surface area (Å²) in [6, 6.07) is 8.84. The molecule has 0 unspecified atom stereocenters. The van der Waals surface area contributed by atoms with Gasteiger partial charge in [-0.05, 0) is 55.7 Å². The molecule has 0 aromatic heterocycles. The Labute approximate surface area is 144 Å². The van der Waals surface area contributed by atoms with E-state index in [-0.39, 0.29) is 0 Å². The number of nitrogens with one attached hydrogen (secondary N) is 3. The molecule has 1 heterocycles. The number of ether oxygens (including phenoxy) is 1. The van der Waals surface area contributed by atoms with E-state index in [4.69, 9.17) is 17.0 Å². The summed E-state index contributed by atoms with van der Waals surface area (Å²) in [6.07, 6.45) is 5.78. The van der Waals surface area contributed by atoms with Crippen molar-refractivity contribution in [3.05, 3.63) is 42.5 Å². The number of quaternary nitrogens is 1. The molecule has 0 aliphatic carbocycles. The van der Waals surface area contributed by atoms with Crippen LogP contribution >= 0.6 is 12.2 Å². The van der Waals surface area contributed by atoms with Gasteiger partial charge in [0, 0.05) is 12.1 Å². The Morgan fingerprint density at radius 3 is 2.57 bits per heavy atom. The van der Waals surface area contributed by atoms with Gasteiger partial charge in [-0.2, -0.15) is 0 Å². The lowest BCUT2D eigenvalue weighted by Gasteiger charge is -2.32. The van der Waals surface area contributed by atoms with Gasteiger partial charge in [0.1, 0.15) is 11.8 Å². The first-order valence-corrected chi connectivity index (χ1v) is 8.76. The molecule has 5 heteroatoms. The zero-order valence-electron chi connectivity index (χ0n) is 13.9. The van der Waals surface area contributed by atoms with Gasteiger partial charge in [0.05, 0.1) is 26.7 Å². The van der Waals surface area contributed by atoms with E-state index >= 15 is 0 Å². The summed E-state index contributed by atoms with van der Waals surface area (Å²) in [4.78, 5) is 1.64. The maximum atomic E-state index is 5.33. The van der Waals surface area contributed by atoms with Crippen LogP contribution in [0, 0.1) is 0 Å². The Bertz CT molecular complexity index is 497. The lowest BCUT2D eigenvalue weighted by Crippen LogP contribution is -3.13. The molecular weight excluding hydrogens is 306 g/mol. The average molecular weight is 335 g/mol. The molecule has 1 saturated heterocycles. The van der Waals surface area contributed by atoms with Crippen molar-refractivity contribution in [1.82, 2.24) is 10.6 Å². The van der Waals surface area contributed by atoms with Crippen LogP contribution in [0.4, 0.5) is 0 Å². The Kier molecular flexibility index (Phi) is 7.36. The maximum Gasteiger partial charge on any atom is 0.166 e. The highest BCUT2D eigenvalue weighted by Gasteiger charge is 2.26. The monoisotopic (exact) mass is 334 g/mol. The minimum Gasteiger partial charge on any atom is -0.497 e. The van der Waals surface area contributed by atoms with Gasteiger partial charge in [0.25, 0.3) is 0 Å². The lowest BCUT2D eigenvalue weighted by molar-refractivity contribution is -0.934. The Morgan fingerprint density at radius 2 is 1.96 bits per heavy atom. The zero-order chi connectivity index (χ0) is 16.5. The third-order valence-corrected chi connectivity index (χ3v) is 4.67. The Hall–Kier alpha value is -1.59. The molecule has 126 valence electrons. The second-order valence-corrected chi connectivity index (χ2v) is 6.33. The number of hydrogen-bond donors (Lipinski definition) is 3. The predicted molar refractivity (Wildman–Crippen MR) is 99.1 cm³/mol. The third kappa shape index (κ3) is 5.52. The summed E-state index contributed by atoms with van der Waals surface area (Å²) < 4.78 is 5.27. The number of rotatable bonds is 7.